The number of methoxy groups -OCH3 is 1. The molecule has 20 heavy (non-hydrogen) atoms. The Kier molecular flexibility index (Phi) is 4.75. The van der Waals surface area contributed by atoms with Crippen LogP contribution < -0.4 is 11.1 Å². The zero-order valence-corrected chi connectivity index (χ0v) is 11.1. The largest absolute Gasteiger partial charge is 0.380 e. The number of nitrogens with zero attached hydrogens (tertiary/aromatic N) is 4. The quantitative estimate of drug-likeness (QED) is 0.766. The molecule has 1 unspecified atom stereocenters. The van der Waals surface area contributed by atoms with Gasteiger partial charge in [0.2, 0.25) is 5.91 Å². The van der Waals surface area contributed by atoms with Crippen LogP contribution in [0.3, 0.4) is 0 Å². The van der Waals surface area contributed by atoms with Gasteiger partial charge in [0, 0.05) is 19.3 Å². The second-order valence-electron chi connectivity index (χ2n) is 4.15. The number of ether oxygens (including phenoxy) is 1. The van der Waals surface area contributed by atoms with Crippen molar-refractivity contribution in [3.63, 3.8) is 0 Å². The van der Waals surface area contributed by atoms with Crippen LogP contribution in [0.4, 0.5) is 5.69 Å². The number of hydrogen-bond donors (Lipinski definition) is 2. The van der Waals surface area contributed by atoms with E-state index in [1.54, 1.807) is 12.1 Å². The van der Waals surface area contributed by atoms with E-state index in [1.807, 2.05) is 12.1 Å². The molecular weight excluding hydrogens is 260 g/mol. The summed E-state index contributed by atoms with van der Waals surface area (Å²) in [6.45, 7) is 0.300. The average molecular weight is 276 g/mol. The topological polar surface area (TPSA) is 108 Å². The van der Waals surface area contributed by atoms with Crippen LogP contribution >= 0.6 is 0 Å². The third-order valence-electron chi connectivity index (χ3n) is 2.75. The molecule has 2 aromatic rings. The number of anilines is 1. The Morgan fingerprint density at radius 1 is 1.55 bits per heavy atom. The first-order chi connectivity index (χ1) is 9.72. The molecule has 8 heteroatoms. The number of carbonyl (C=O) groups excluding carboxylic acids is 1. The molecule has 0 saturated heterocycles. The van der Waals surface area contributed by atoms with Crippen LogP contribution in [0.5, 0.6) is 0 Å². The van der Waals surface area contributed by atoms with Crippen LogP contribution in [-0.4, -0.2) is 45.9 Å². The van der Waals surface area contributed by atoms with E-state index in [0.717, 1.165) is 5.69 Å². The monoisotopic (exact) mass is 276 g/mol. The molecule has 1 aromatic carbocycles. The van der Waals surface area contributed by atoms with E-state index in [4.69, 9.17) is 10.5 Å². The molecule has 1 heterocycles. The lowest BCUT2D eigenvalue weighted by Gasteiger charge is -2.13. The first kappa shape index (κ1) is 14.1. The summed E-state index contributed by atoms with van der Waals surface area (Å²) in [7, 11) is 1.53. The van der Waals surface area contributed by atoms with Crippen LogP contribution in [0.25, 0.3) is 5.69 Å². The summed E-state index contributed by atoms with van der Waals surface area (Å²) in [6.07, 6.45) is 1.41. The number of hydrogen-bond acceptors (Lipinski definition) is 6. The minimum atomic E-state index is -0.280. The number of nitrogens with two attached hydrogens (primary N) is 1. The maximum Gasteiger partial charge on any atom is 0.227 e. The zero-order chi connectivity index (χ0) is 14.4. The fourth-order valence-electron chi connectivity index (χ4n) is 1.69. The Bertz CT molecular complexity index is 553. The van der Waals surface area contributed by atoms with Gasteiger partial charge in [0.1, 0.15) is 6.33 Å². The number of benzene rings is 1. The highest BCUT2D eigenvalue weighted by molar-refractivity contribution is 5.91. The van der Waals surface area contributed by atoms with Crippen molar-refractivity contribution in [1.29, 1.82) is 0 Å². The van der Waals surface area contributed by atoms with Crippen LogP contribution in [0.1, 0.15) is 6.42 Å². The molecule has 106 valence electrons. The molecule has 0 saturated carbocycles. The fourth-order valence-corrected chi connectivity index (χ4v) is 1.69. The highest BCUT2D eigenvalue weighted by Crippen LogP contribution is 2.13. The lowest BCUT2D eigenvalue weighted by Crippen LogP contribution is -2.28. The standard InChI is InChI=1S/C12H16N6O2/c1-20-11(7-13)6-12(19)15-9-3-2-4-10(5-9)18-8-14-16-17-18/h2-5,8,11H,6-7,13H2,1H3,(H,15,19). The van der Waals surface area contributed by atoms with E-state index in [0.29, 0.717) is 12.2 Å². The first-order valence-electron chi connectivity index (χ1n) is 6.09. The van der Waals surface area contributed by atoms with Gasteiger partial charge < -0.3 is 15.8 Å². The third-order valence-corrected chi connectivity index (χ3v) is 2.75. The van der Waals surface area contributed by atoms with E-state index in [-0.39, 0.29) is 18.4 Å². The highest BCUT2D eigenvalue weighted by atomic mass is 16.5. The van der Waals surface area contributed by atoms with Crippen molar-refractivity contribution in [1.82, 2.24) is 20.2 Å². The van der Waals surface area contributed by atoms with Crippen molar-refractivity contribution in [3.05, 3.63) is 30.6 Å². The van der Waals surface area contributed by atoms with Gasteiger partial charge in [0.15, 0.2) is 0 Å². The number of amides is 1. The molecule has 0 aliphatic rings. The second kappa shape index (κ2) is 6.73. The van der Waals surface area contributed by atoms with Crippen molar-refractivity contribution in [2.75, 3.05) is 19.0 Å². The third kappa shape index (κ3) is 3.59. The predicted molar refractivity (Wildman–Crippen MR) is 72.3 cm³/mol. The molecule has 1 amide bonds. The van der Waals surface area contributed by atoms with Gasteiger partial charge in [0.25, 0.3) is 0 Å². The maximum atomic E-state index is 11.8. The average Bonchev–Trinajstić information content (AvgIpc) is 2.99. The number of rotatable bonds is 6. The van der Waals surface area contributed by atoms with E-state index in [2.05, 4.69) is 20.8 Å². The summed E-state index contributed by atoms with van der Waals surface area (Å²) in [4.78, 5) is 11.8. The molecule has 2 rings (SSSR count). The number of nitrogens with one attached hydrogen (secondary N) is 1. The molecule has 0 radical (unpaired) electrons. The van der Waals surface area contributed by atoms with Gasteiger partial charge in [-0.3, -0.25) is 4.79 Å². The van der Waals surface area contributed by atoms with Crippen molar-refractivity contribution < 1.29 is 9.53 Å². The molecular formula is C12H16N6O2. The molecule has 3 N–H and O–H groups in total. The lowest BCUT2D eigenvalue weighted by atomic mass is 10.2. The Morgan fingerprint density at radius 3 is 3.05 bits per heavy atom. The second-order valence-corrected chi connectivity index (χ2v) is 4.15. The van der Waals surface area contributed by atoms with E-state index in [1.165, 1.54) is 18.1 Å². The predicted octanol–water partition coefficient (Wildman–Crippen LogP) is -0.0354. The Hall–Kier alpha value is -2.32. The van der Waals surface area contributed by atoms with E-state index >= 15 is 0 Å². The molecule has 0 bridgehead atoms. The number of tetrazole rings is 1. The normalized spacial score (nSPS) is 12.1. The molecule has 1 aromatic heterocycles. The van der Waals surface area contributed by atoms with Crippen LogP contribution in [0, 0.1) is 0 Å². The summed E-state index contributed by atoms with van der Waals surface area (Å²) in [6, 6.07) is 7.21. The SMILES string of the molecule is COC(CN)CC(=O)Nc1cccc(-n2cnnn2)c1. The van der Waals surface area contributed by atoms with Crippen molar-refractivity contribution >= 4 is 11.6 Å². The van der Waals surface area contributed by atoms with Gasteiger partial charge >= 0.3 is 0 Å². The number of aromatic nitrogens is 4. The van der Waals surface area contributed by atoms with E-state index in [9.17, 15) is 4.79 Å². The van der Waals surface area contributed by atoms with Crippen molar-refractivity contribution in [2.24, 2.45) is 5.73 Å². The molecule has 0 fully saturated rings. The summed E-state index contributed by atoms with van der Waals surface area (Å²) in [5, 5.41) is 13.7. The van der Waals surface area contributed by atoms with Crippen molar-refractivity contribution in [2.45, 2.75) is 12.5 Å². The first-order valence-corrected chi connectivity index (χ1v) is 6.09. The summed E-state index contributed by atoms with van der Waals surface area (Å²) < 4.78 is 6.58. The summed E-state index contributed by atoms with van der Waals surface area (Å²) in [5.74, 6) is -0.156. The van der Waals surface area contributed by atoms with Gasteiger partial charge in [-0.2, -0.15) is 0 Å². The van der Waals surface area contributed by atoms with Crippen LogP contribution in [0.2, 0.25) is 0 Å². The Balaban J connectivity index is 2.03. The zero-order valence-electron chi connectivity index (χ0n) is 11.1. The lowest BCUT2D eigenvalue weighted by molar-refractivity contribution is -0.118. The fraction of sp³-hybridized carbons (Fsp3) is 0.333. The highest BCUT2D eigenvalue weighted by Gasteiger charge is 2.11. The summed E-state index contributed by atoms with van der Waals surface area (Å²) in [5.41, 5.74) is 6.90. The Labute approximate surface area is 115 Å². The molecule has 1 atom stereocenters. The van der Waals surface area contributed by atoms with Gasteiger partial charge in [-0.25, -0.2) is 4.68 Å². The van der Waals surface area contributed by atoms with Crippen molar-refractivity contribution in [3.8, 4) is 5.69 Å². The minimum absolute atomic E-state index is 0.156. The van der Waals surface area contributed by atoms with Crippen LogP contribution in [-0.2, 0) is 9.53 Å². The van der Waals surface area contributed by atoms with Gasteiger partial charge in [-0.1, -0.05) is 6.07 Å². The van der Waals surface area contributed by atoms with Gasteiger partial charge in [0.05, 0.1) is 18.2 Å². The Morgan fingerprint density at radius 2 is 2.40 bits per heavy atom. The van der Waals surface area contributed by atoms with Gasteiger partial charge in [-0.05, 0) is 28.6 Å². The maximum absolute atomic E-state index is 11.8. The smallest absolute Gasteiger partial charge is 0.227 e. The minimum Gasteiger partial charge on any atom is -0.380 e. The van der Waals surface area contributed by atoms with E-state index < -0.39 is 0 Å². The molecule has 0 aliphatic heterocycles. The molecule has 8 nitrogen and oxygen atoms in total. The van der Waals surface area contributed by atoms with Crippen LogP contribution in [0.15, 0.2) is 30.6 Å². The summed E-state index contributed by atoms with van der Waals surface area (Å²) >= 11 is 0. The molecule has 0 spiro atoms. The van der Waals surface area contributed by atoms with Gasteiger partial charge in [-0.15, -0.1) is 5.10 Å². The number of carbonyl (C=O) groups is 1. The molecule has 0 aliphatic carbocycles.